The van der Waals surface area contributed by atoms with E-state index in [4.69, 9.17) is 28.2 Å². The number of rotatable bonds is 3. The molecular formula is C21H14Cl2N2OS. The SMILES string of the molecule is Cc1ccc(-c2cc(C(=O)Nc3ccc(Cl)c(Cl)c3)c3ccccc3n2)s1. The van der Waals surface area contributed by atoms with E-state index in [1.165, 1.54) is 4.88 Å². The molecule has 1 N–H and O–H groups in total. The maximum absolute atomic E-state index is 13.0. The number of nitrogens with one attached hydrogen (secondary N) is 1. The number of para-hydroxylation sites is 1. The van der Waals surface area contributed by atoms with Crippen molar-refractivity contribution >= 4 is 57.0 Å². The Balaban J connectivity index is 1.79. The van der Waals surface area contributed by atoms with Gasteiger partial charge in [-0.25, -0.2) is 4.98 Å². The minimum atomic E-state index is -0.221. The van der Waals surface area contributed by atoms with Crippen LogP contribution >= 0.6 is 34.5 Å². The van der Waals surface area contributed by atoms with E-state index >= 15 is 0 Å². The number of pyridine rings is 1. The highest BCUT2D eigenvalue weighted by Gasteiger charge is 2.15. The molecule has 0 spiro atoms. The first-order valence-corrected chi connectivity index (χ1v) is 9.81. The maximum Gasteiger partial charge on any atom is 0.256 e. The smallest absolute Gasteiger partial charge is 0.256 e. The molecule has 0 fully saturated rings. The number of thiophene rings is 1. The van der Waals surface area contributed by atoms with Crippen LogP contribution in [0.2, 0.25) is 10.0 Å². The third kappa shape index (κ3) is 3.69. The zero-order valence-corrected chi connectivity index (χ0v) is 16.6. The Morgan fingerprint density at radius 1 is 1.00 bits per heavy atom. The Hall–Kier alpha value is -2.40. The summed E-state index contributed by atoms with van der Waals surface area (Å²) in [5.41, 5.74) is 2.71. The van der Waals surface area contributed by atoms with E-state index in [9.17, 15) is 4.79 Å². The van der Waals surface area contributed by atoms with Crippen LogP contribution in [0.15, 0.2) is 60.7 Å². The zero-order chi connectivity index (χ0) is 19.0. The molecule has 6 heteroatoms. The lowest BCUT2D eigenvalue weighted by Gasteiger charge is -2.10. The molecule has 0 aliphatic heterocycles. The molecule has 1 amide bonds. The van der Waals surface area contributed by atoms with Crippen LogP contribution < -0.4 is 5.32 Å². The first kappa shape index (κ1) is 18.0. The quantitative estimate of drug-likeness (QED) is 0.400. The summed E-state index contributed by atoms with van der Waals surface area (Å²) >= 11 is 13.7. The van der Waals surface area contributed by atoms with Gasteiger partial charge in [0.2, 0.25) is 0 Å². The second-order valence-corrected chi connectivity index (χ2v) is 8.17. The topological polar surface area (TPSA) is 42.0 Å². The van der Waals surface area contributed by atoms with Gasteiger partial charge in [0.25, 0.3) is 5.91 Å². The fourth-order valence-corrected chi connectivity index (χ4v) is 3.96. The minimum absolute atomic E-state index is 0.221. The molecular weight excluding hydrogens is 399 g/mol. The molecule has 2 heterocycles. The van der Waals surface area contributed by atoms with Gasteiger partial charge in [0.15, 0.2) is 0 Å². The largest absolute Gasteiger partial charge is 0.322 e. The minimum Gasteiger partial charge on any atom is -0.322 e. The van der Waals surface area contributed by atoms with E-state index in [0.29, 0.717) is 21.3 Å². The van der Waals surface area contributed by atoms with Crippen LogP contribution in [0.25, 0.3) is 21.5 Å². The third-order valence-corrected chi connectivity index (χ3v) is 5.89. The summed E-state index contributed by atoms with van der Waals surface area (Å²) in [7, 11) is 0. The molecule has 0 aliphatic rings. The Bertz CT molecular complexity index is 1170. The lowest BCUT2D eigenvalue weighted by molar-refractivity contribution is 0.102. The van der Waals surface area contributed by atoms with Gasteiger partial charge in [-0.3, -0.25) is 4.79 Å². The highest BCUT2D eigenvalue weighted by Crippen LogP contribution is 2.31. The number of aryl methyl sites for hydroxylation is 1. The van der Waals surface area contributed by atoms with Crippen LogP contribution in [0.3, 0.4) is 0 Å². The molecule has 0 radical (unpaired) electrons. The lowest BCUT2D eigenvalue weighted by atomic mass is 10.1. The summed E-state index contributed by atoms with van der Waals surface area (Å²) in [5, 5.41) is 4.53. The molecule has 2 aromatic carbocycles. The van der Waals surface area contributed by atoms with Crippen molar-refractivity contribution in [2.24, 2.45) is 0 Å². The predicted octanol–water partition coefficient (Wildman–Crippen LogP) is 6.83. The van der Waals surface area contributed by atoms with Crippen molar-refractivity contribution in [3.05, 3.63) is 81.1 Å². The van der Waals surface area contributed by atoms with Crippen LogP contribution in [0.1, 0.15) is 15.2 Å². The summed E-state index contributed by atoms with van der Waals surface area (Å²) in [6.45, 7) is 2.05. The fraction of sp³-hybridized carbons (Fsp3) is 0.0476. The van der Waals surface area contributed by atoms with E-state index in [2.05, 4.69) is 5.32 Å². The predicted molar refractivity (Wildman–Crippen MR) is 114 cm³/mol. The highest BCUT2D eigenvalue weighted by molar-refractivity contribution is 7.15. The summed E-state index contributed by atoms with van der Waals surface area (Å²) in [5.74, 6) is -0.221. The van der Waals surface area contributed by atoms with Gasteiger partial charge in [-0.15, -0.1) is 11.3 Å². The molecule has 134 valence electrons. The Kier molecular flexibility index (Phi) is 4.87. The van der Waals surface area contributed by atoms with Gasteiger partial charge in [0.1, 0.15) is 0 Å². The van der Waals surface area contributed by atoms with Gasteiger partial charge in [0.05, 0.1) is 31.7 Å². The van der Waals surface area contributed by atoms with Gasteiger partial charge >= 0.3 is 0 Å². The van der Waals surface area contributed by atoms with Crippen molar-refractivity contribution in [2.45, 2.75) is 6.92 Å². The molecule has 3 nitrogen and oxygen atoms in total. The summed E-state index contributed by atoms with van der Waals surface area (Å²) < 4.78 is 0. The first-order chi connectivity index (χ1) is 13.0. The number of hydrogen-bond acceptors (Lipinski definition) is 3. The summed E-state index contributed by atoms with van der Waals surface area (Å²) in [6.07, 6.45) is 0. The number of aromatic nitrogens is 1. The number of fused-ring (bicyclic) bond motifs is 1. The molecule has 27 heavy (non-hydrogen) atoms. The number of halogens is 2. The van der Waals surface area contributed by atoms with Crippen molar-refractivity contribution in [2.75, 3.05) is 5.32 Å². The number of benzene rings is 2. The normalized spacial score (nSPS) is 10.9. The van der Waals surface area contributed by atoms with Crippen molar-refractivity contribution in [3.8, 4) is 10.6 Å². The first-order valence-electron chi connectivity index (χ1n) is 8.24. The molecule has 0 bridgehead atoms. The molecule has 2 aromatic heterocycles. The maximum atomic E-state index is 13.0. The van der Waals surface area contributed by atoms with E-state index in [-0.39, 0.29) is 5.91 Å². The Morgan fingerprint density at radius 2 is 1.81 bits per heavy atom. The number of hydrogen-bond donors (Lipinski definition) is 1. The van der Waals surface area contributed by atoms with E-state index in [1.54, 1.807) is 29.5 Å². The van der Waals surface area contributed by atoms with Crippen molar-refractivity contribution < 1.29 is 4.79 Å². The number of carbonyl (C=O) groups is 1. The molecule has 0 saturated carbocycles. The van der Waals surface area contributed by atoms with E-state index < -0.39 is 0 Å². The highest BCUT2D eigenvalue weighted by atomic mass is 35.5. The average Bonchev–Trinajstić information content (AvgIpc) is 3.10. The average molecular weight is 413 g/mol. The number of amides is 1. The van der Waals surface area contributed by atoms with Crippen molar-refractivity contribution in [1.82, 2.24) is 4.98 Å². The van der Waals surface area contributed by atoms with Gasteiger partial charge in [-0.1, -0.05) is 41.4 Å². The molecule has 0 atom stereocenters. The fourth-order valence-electron chi connectivity index (χ4n) is 2.83. The second-order valence-electron chi connectivity index (χ2n) is 6.07. The van der Waals surface area contributed by atoms with Crippen molar-refractivity contribution in [1.29, 1.82) is 0 Å². The van der Waals surface area contributed by atoms with Gasteiger partial charge in [0, 0.05) is 16.0 Å². The Morgan fingerprint density at radius 3 is 2.56 bits per heavy atom. The summed E-state index contributed by atoms with van der Waals surface area (Å²) in [6, 6.07) is 18.5. The monoisotopic (exact) mass is 412 g/mol. The number of anilines is 1. The van der Waals surface area contributed by atoms with Crippen LogP contribution in [-0.2, 0) is 0 Å². The molecule has 0 saturated heterocycles. The van der Waals surface area contributed by atoms with Crippen LogP contribution in [0, 0.1) is 6.92 Å². The standard InChI is InChI=1S/C21H14Cl2N2OS/c1-12-6-9-20(27-12)19-11-15(14-4-2-3-5-18(14)25-19)21(26)24-13-7-8-16(22)17(23)10-13/h2-11H,1H3,(H,24,26). The second kappa shape index (κ2) is 7.31. The number of carbonyl (C=O) groups excluding carboxylic acids is 1. The van der Waals surface area contributed by atoms with Crippen LogP contribution in [-0.4, -0.2) is 10.9 Å². The van der Waals surface area contributed by atoms with E-state index in [0.717, 1.165) is 21.5 Å². The van der Waals surface area contributed by atoms with Crippen LogP contribution in [0.5, 0.6) is 0 Å². The Labute approximate surface area is 170 Å². The molecule has 4 aromatic rings. The van der Waals surface area contributed by atoms with Crippen LogP contribution in [0.4, 0.5) is 5.69 Å². The van der Waals surface area contributed by atoms with E-state index in [1.807, 2.05) is 49.4 Å². The summed E-state index contributed by atoms with van der Waals surface area (Å²) in [4.78, 5) is 20.0. The zero-order valence-electron chi connectivity index (χ0n) is 14.3. The van der Waals surface area contributed by atoms with Crippen molar-refractivity contribution in [3.63, 3.8) is 0 Å². The number of nitrogens with zero attached hydrogens (tertiary/aromatic N) is 1. The third-order valence-electron chi connectivity index (χ3n) is 4.13. The lowest BCUT2D eigenvalue weighted by Crippen LogP contribution is -2.13. The molecule has 4 rings (SSSR count). The molecule has 0 unspecified atom stereocenters. The van der Waals surface area contributed by atoms with Gasteiger partial charge < -0.3 is 5.32 Å². The molecule has 0 aliphatic carbocycles. The van der Waals surface area contributed by atoms with Gasteiger partial charge in [-0.05, 0) is 49.4 Å². The van der Waals surface area contributed by atoms with Gasteiger partial charge in [-0.2, -0.15) is 0 Å².